The number of rotatable bonds is 5. The lowest BCUT2D eigenvalue weighted by Gasteiger charge is -2.17. The van der Waals surface area contributed by atoms with Gasteiger partial charge in [-0.2, -0.15) is 13.2 Å². The van der Waals surface area contributed by atoms with Gasteiger partial charge in [-0.1, -0.05) is 0 Å². The van der Waals surface area contributed by atoms with E-state index < -0.39 is 30.6 Å². The summed E-state index contributed by atoms with van der Waals surface area (Å²) in [6, 6.07) is 2.46. The van der Waals surface area contributed by atoms with Gasteiger partial charge < -0.3 is 9.26 Å². The molecule has 0 aliphatic heterocycles. The number of methoxy groups -OCH3 is 1. The van der Waals surface area contributed by atoms with Gasteiger partial charge in [0, 0.05) is 11.2 Å². The van der Waals surface area contributed by atoms with Crippen molar-refractivity contribution in [2.24, 2.45) is 0 Å². The zero-order valence-corrected chi connectivity index (χ0v) is 12.6. The number of carbonyl (C=O) groups excluding carboxylic acids is 1. The molecule has 0 saturated heterocycles. The van der Waals surface area contributed by atoms with Crippen molar-refractivity contribution in [2.45, 2.75) is 19.1 Å². The molecule has 0 saturated carbocycles. The third kappa shape index (κ3) is 5.57. The molecule has 0 amide bonds. The van der Waals surface area contributed by atoms with E-state index in [1.54, 1.807) is 0 Å². The van der Waals surface area contributed by atoms with Crippen LogP contribution in [0.2, 0.25) is 0 Å². The highest BCUT2D eigenvalue weighted by Gasteiger charge is 2.31. The van der Waals surface area contributed by atoms with Crippen LogP contribution in [0.25, 0.3) is 0 Å². The molecule has 0 fully saturated rings. The molecule has 1 aromatic carbocycles. The van der Waals surface area contributed by atoms with Crippen LogP contribution in [-0.2, 0) is 20.3 Å². The molecule has 21 heavy (non-hydrogen) atoms. The Bertz CT molecular complexity index is 549. The summed E-state index contributed by atoms with van der Waals surface area (Å²) in [6.45, 7) is -2.61. The molecular formula is C11H12ClF3NO4P. The summed E-state index contributed by atoms with van der Waals surface area (Å²) in [4.78, 5) is 11.2. The normalized spacial score (nSPS) is 15.9. The molecule has 5 nitrogen and oxygen atoms in total. The molecule has 118 valence electrons. The van der Waals surface area contributed by atoms with E-state index in [-0.39, 0.29) is 5.75 Å². The van der Waals surface area contributed by atoms with Crippen LogP contribution in [0.5, 0.6) is 5.75 Å². The van der Waals surface area contributed by atoms with Gasteiger partial charge in [-0.3, -0.25) is 4.79 Å². The molecule has 0 spiro atoms. The first-order chi connectivity index (χ1) is 9.55. The molecule has 0 bridgehead atoms. The standard InChI is InChI=1S/C11H12ClF3NO4P/c1-7(10(17)19-2)16-21(12,18)20-9-5-3-8(4-6-9)11(13,14)15/h3-7H,1-2H3,(H,16,18)/t7-,21?/m0/s1. The molecular weight excluding hydrogens is 334 g/mol. The Kier molecular flexibility index (Phi) is 5.67. The molecule has 1 rings (SSSR count). The lowest BCUT2D eigenvalue weighted by molar-refractivity contribution is -0.142. The molecule has 1 aromatic rings. The van der Waals surface area contributed by atoms with Crippen molar-refractivity contribution >= 4 is 24.1 Å². The van der Waals surface area contributed by atoms with Gasteiger partial charge >= 0.3 is 19.0 Å². The summed E-state index contributed by atoms with van der Waals surface area (Å²) in [6.07, 6.45) is -4.49. The molecule has 1 N–H and O–H groups in total. The molecule has 10 heteroatoms. The minimum atomic E-state index is -4.49. The fraction of sp³-hybridized carbons (Fsp3) is 0.364. The third-order valence-corrected chi connectivity index (χ3v) is 3.95. The van der Waals surface area contributed by atoms with Gasteiger partial charge in [0.2, 0.25) is 0 Å². The van der Waals surface area contributed by atoms with Crippen molar-refractivity contribution in [1.82, 2.24) is 5.09 Å². The van der Waals surface area contributed by atoms with Crippen LogP contribution in [0.1, 0.15) is 12.5 Å². The zero-order chi connectivity index (χ0) is 16.3. The Morgan fingerprint density at radius 3 is 2.29 bits per heavy atom. The number of nitrogens with one attached hydrogen (secondary N) is 1. The minimum absolute atomic E-state index is 0.133. The lowest BCUT2D eigenvalue weighted by atomic mass is 10.2. The average Bonchev–Trinajstić information content (AvgIpc) is 2.36. The topological polar surface area (TPSA) is 64.6 Å². The van der Waals surface area contributed by atoms with Crippen molar-refractivity contribution in [2.75, 3.05) is 7.11 Å². The summed E-state index contributed by atoms with van der Waals surface area (Å²) in [5.41, 5.74) is -0.879. The van der Waals surface area contributed by atoms with Crippen molar-refractivity contribution in [3.8, 4) is 5.75 Å². The summed E-state index contributed by atoms with van der Waals surface area (Å²) < 4.78 is 58.3. The summed E-state index contributed by atoms with van der Waals surface area (Å²) in [5.74, 6) is -0.849. The maximum absolute atomic E-state index is 12.4. The van der Waals surface area contributed by atoms with E-state index >= 15 is 0 Å². The number of ether oxygens (including phenoxy) is 1. The monoisotopic (exact) mass is 345 g/mol. The van der Waals surface area contributed by atoms with E-state index in [0.29, 0.717) is 0 Å². The van der Waals surface area contributed by atoms with E-state index in [0.717, 1.165) is 31.4 Å². The van der Waals surface area contributed by atoms with Crippen LogP contribution < -0.4 is 9.61 Å². The number of carbonyl (C=O) groups is 1. The van der Waals surface area contributed by atoms with Crippen LogP contribution in [-0.4, -0.2) is 19.1 Å². The number of alkyl halides is 3. The Balaban J connectivity index is 2.76. The number of hydrogen-bond acceptors (Lipinski definition) is 4. The summed E-state index contributed by atoms with van der Waals surface area (Å²) in [5, 5.41) is 2.20. The molecule has 0 aliphatic carbocycles. The second kappa shape index (κ2) is 6.68. The van der Waals surface area contributed by atoms with Gasteiger partial charge in [0.25, 0.3) is 0 Å². The van der Waals surface area contributed by atoms with Crippen molar-refractivity contribution in [3.05, 3.63) is 29.8 Å². The highest BCUT2D eigenvalue weighted by atomic mass is 35.7. The van der Waals surface area contributed by atoms with Crippen molar-refractivity contribution in [1.29, 1.82) is 0 Å². The SMILES string of the molecule is COC(=O)[C@H](C)NP(=O)(Cl)Oc1ccc(C(F)(F)F)cc1. The molecule has 0 aromatic heterocycles. The number of esters is 1. The first kappa shape index (κ1) is 17.8. The molecule has 2 atom stereocenters. The molecule has 1 unspecified atom stereocenters. The van der Waals surface area contributed by atoms with E-state index in [4.69, 9.17) is 15.8 Å². The fourth-order valence-corrected chi connectivity index (χ4v) is 3.02. The van der Waals surface area contributed by atoms with Crippen molar-refractivity contribution < 1.29 is 31.8 Å². The van der Waals surface area contributed by atoms with Crippen LogP contribution in [0.3, 0.4) is 0 Å². The van der Waals surface area contributed by atoms with Crippen LogP contribution >= 0.6 is 18.1 Å². The van der Waals surface area contributed by atoms with Crippen LogP contribution in [0, 0.1) is 0 Å². The third-order valence-electron chi connectivity index (χ3n) is 2.31. The predicted octanol–water partition coefficient (Wildman–Crippen LogP) is 3.58. The largest absolute Gasteiger partial charge is 0.468 e. The smallest absolute Gasteiger partial charge is 0.416 e. The maximum Gasteiger partial charge on any atom is 0.416 e. The second-order valence-electron chi connectivity index (χ2n) is 3.97. The zero-order valence-electron chi connectivity index (χ0n) is 11.0. The van der Waals surface area contributed by atoms with E-state index in [1.165, 1.54) is 6.92 Å². The van der Waals surface area contributed by atoms with Gasteiger partial charge in [0.15, 0.2) is 0 Å². The van der Waals surface area contributed by atoms with E-state index in [9.17, 15) is 22.5 Å². The Labute approximate surface area is 123 Å². The van der Waals surface area contributed by atoms with E-state index in [1.807, 2.05) is 0 Å². The van der Waals surface area contributed by atoms with Gasteiger partial charge in [0.05, 0.1) is 12.7 Å². The Hall–Kier alpha value is -1.24. The summed E-state index contributed by atoms with van der Waals surface area (Å²) >= 11 is 5.59. The lowest BCUT2D eigenvalue weighted by Crippen LogP contribution is -2.32. The first-order valence-corrected chi connectivity index (χ1v) is 8.10. The van der Waals surface area contributed by atoms with Gasteiger partial charge in [-0.15, -0.1) is 0 Å². The van der Waals surface area contributed by atoms with Crippen LogP contribution in [0.4, 0.5) is 13.2 Å². The summed E-state index contributed by atoms with van der Waals surface area (Å²) in [7, 11) is 1.14. The molecule has 0 heterocycles. The Morgan fingerprint density at radius 2 is 1.86 bits per heavy atom. The second-order valence-corrected chi connectivity index (χ2v) is 6.70. The van der Waals surface area contributed by atoms with Gasteiger partial charge in [-0.05, 0) is 31.2 Å². The highest BCUT2D eigenvalue weighted by Crippen LogP contribution is 2.48. The number of halogens is 4. The van der Waals surface area contributed by atoms with Gasteiger partial charge in [0.1, 0.15) is 11.8 Å². The minimum Gasteiger partial charge on any atom is -0.468 e. The average molecular weight is 346 g/mol. The number of benzene rings is 1. The van der Waals surface area contributed by atoms with Crippen molar-refractivity contribution in [3.63, 3.8) is 0 Å². The maximum atomic E-state index is 12.4. The predicted molar refractivity (Wildman–Crippen MR) is 70.1 cm³/mol. The van der Waals surface area contributed by atoms with Crippen LogP contribution in [0.15, 0.2) is 24.3 Å². The van der Waals surface area contributed by atoms with E-state index in [2.05, 4.69) is 9.82 Å². The molecule has 0 radical (unpaired) electrons. The molecule has 0 aliphatic rings. The quantitative estimate of drug-likeness (QED) is 0.652. The fourth-order valence-electron chi connectivity index (χ4n) is 1.33. The Morgan fingerprint density at radius 1 is 1.33 bits per heavy atom. The van der Waals surface area contributed by atoms with Gasteiger partial charge in [-0.25, -0.2) is 9.65 Å². The first-order valence-electron chi connectivity index (χ1n) is 5.57. The highest BCUT2D eigenvalue weighted by molar-refractivity contribution is 7.84. The number of hydrogen-bond donors (Lipinski definition) is 1.